The monoisotopic (exact) mass is 430 g/mol. The fourth-order valence-electron chi connectivity index (χ4n) is 1.21. The summed E-state index contributed by atoms with van der Waals surface area (Å²) in [6, 6.07) is 0. The average Bonchev–Trinajstić information content (AvgIpc) is 2.54. The molecule has 0 saturated carbocycles. The molecule has 0 bridgehead atoms. The van der Waals surface area contributed by atoms with Crippen molar-refractivity contribution in [1.29, 1.82) is 0 Å². The van der Waals surface area contributed by atoms with E-state index >= 15 is 0 Å². The van der Waals surface area contributed by atoms with E-state index in [1.165, 1.54) is 6.92 Å². The van der Waals surface area contributed by atoms with Gasteiger partial charge in [-0.25, -0.2) is 0 Å². The molecule has 1 rings (SSSR count). The Morgan fingerprint density at radius 1 is 0.739 bits per heavy atom. The maximum Gasteiger partial charge on any atom is 0.155 e. The molecule has 134 valence electrons. The molecule has 0 heterocycles. The van der Waals surface area contributed by atoms with E-state index in [4.69, 9.17) is 83.5 Å². The van der Waals surface area contributed by atoms with Crippen LogP contribution in [0.15, 0.2) is 0 Å². The summed E-state index contributed by atoms with van der Waals surface area (Å²) in [7, 11) is 0. The number of rotatable bonds is 4. The summed E-state index contributed by atoms with van der Waals surface area (Å²) < 4.78 is 0. The topological polar surface area (TPSA) is 121 Å². The Labute approximate surface area is 157 Å². The van der Waals surface area contributed by atoms with Crippen molar-refractivity contribution in [2.24, 2.45) is 0 Å². The molecule has 0 aliphatic rings. The molecule has 1 aromatic carbocycles. The minimum Gasteiger partial charge on any atom is -0.505 e. The van der Waals surface area contributed by atoms with Gasteiger partial charge in [-0.05, 0) is 6.92 Å². The second-order valence-electron chi connectivity index (χ2n) is 4.39. The Morgan fingerprint density at radius 2 is 1.09 bits per heavy atom. The van der Waals surface area contributed by atoms with Gasteiger partial charge in [0.2, 0.25) is 0 Å². The van der Waals surface area contributed by atoms with Crippen LogP contribution in [0.5, 0.6) is 5.75 Å². The summed E-state index contributed by atoms with van der Waals surface area (Å²) in [5.74, 6) is -0.363. The number of aliphatic hydroxyl groups is 5. The van der Waals surface area contributed by atoms with Gasteiger partial charge in [0, 0.05) is 0 Å². The van der Waals surface area contributed by atoms with E-state index < -0.39 is 31.0 Å². The molecular weight excluding hydrogens is 417 g/mol. The zero-order chi connectivity index (χ0) is 18.5. The lowest BCUT2D eigenvalue weighted by Gasteiger charge is -2.23. The molecule has 0 spiro atoms. The van der Waals surface area contributed by atoms with E-state index in [0.717, 1.165) is 0 Å². The molecule has 0 aliphatic heterocycles. The van der Waals surface area contributed by atoms with E-state index in [2.05, 4.69) is 0 Å². The lowest BCUT2D eigenvalue weighted by molar-refractivity contribution is -0.110. The molecule has 4 atom stereocenters. The van der Waals surface area contributed by atoms with Gasteiger partial charge in [-0.1, -0.05) is 58.0 Å². The van der Waals surface area contributed by atoms with Gasteiger partial charge in [-0.2, -0.15) is 0 Å². The summed E-state index contributed by atoms with van der Waals surface area (Å²) in [4.78, 5) is 0. The lowest BCUT2D eigenvalue weighted by Crippen LogP contribution is -2.44. The first kappa shape index (κ1) is 23.3. The number of aromatic hydroxyl groups is 1. The zero-order valence-electron chi connectivity index (χ0n) is 11.6. The molecular formula is C12H15Cl5O6. The molecule has 0 amide bonds. The smallest absolute Gasteiger partial charge is 0.155 e. The van der Waals surface area contributed by atoms with E-state index in [1.54, 1.807) is 0 Å². The fourth-order valence-corrected chi connectivity index (χ4v) is 2.34. The second-order valence-corrected chi connectivity index (χ2v) is 6.28. The summed E-state index contributed by atoms with van der Waals surface area (Å²) in [5.41, 5.74) is 0. The zero-order valence-corrected chi connectivity index (χ0v) is 15.4. The summed E-state index contributed by atoms with van der Waals surface area (Å²) in [6.45, 7) is 0.628. The number of aliphatic hydroxyl groups excluding tert-OH is 5. The van der Waals surface area contributed by atoms with Gasteiger partial charge < -0.3 is 30.6 Å². The highest BCUT2D eigenvalue weighted by Crippen LogP contribution is 2.47. The largest absolute Gasteiger partial charge is 0.505 e. The van der Waals surface area contributed by atoms with Crippen molar-refractivity contribution in [2.75, 3.05) is 6.61 Å². The maximum absolute atomic E-state index is 9.20. The van der Waals surface area contributed by atoms with Crippen LogP contribution >= 0.6 is 58.0 Å². The van der Waals surface area contributed by atoms with Crippen molar-refractivity contribution in [3.8, 4) is 5.75 Å². The van der Waals surface area contributed by atoms with Crippen LogP contribution in [0, 0.1) is 0 Å². The van der Waals surface area contributed by atoms with Gasteiger partial charge in [0.25, 0.3) is 0 Å². The van der Waals surface area contributed by atoms with Gasteiger partial charge in [-0.3, -0.25) is 0 Å². The van der Waals surface area contributed by atoms with Gasteiger partial charge in [0.05, 0.1) is 27.8 Å². The van der Waals surface area contributed by atoms with Crippen molar-refractivity contribution in [3.63, 3.8) is 0 Å². The van der Waals surface area contributed by atoms with Crippen LogP contribution in [0.25, 0.3) is 0 Å². The molecule has 6 N–H and O–H groups in total. The number of hydrogen-bond acceptors (Lipinski definition) is 6. The van der Waals surface area contributed by atoms with Crippen LogP contribution in [-0.2, 0) is 0 Å². The molecule has 0 aliphatic carbocycles. The Hall–Kier alpha value is 0.270. The highest BCUT2D eigenvalue weighted by atomic mass is 35.5. The number of hydrogen-bond donors (Lipinski definition) is 6. The van der Waals surface area contributed by atoms with E-state index in [9.17, 15) is 5.11 Å². The summed E-state index contributed by atoms with van der Waals surface area (Å²) >= 11 is 27.9. The quantitative estimate of drug-likeness (QED) is 0.320. The van der Waals surface area contributed by atoms with Crippen molar-refractivity contribution in [2.45, 2.75) is 31.3 Å². The van der Waals surface area contributed by atoms with Gasteiger partial charge in [-0.15, -0.1) is 0 Å². The highest BCUT2D eigenvalue weighted by molar-refractivity contribution is 6.55. The third-order valence-corrected chi connectivity index (χ3v) is 4.87. The van der Waals surface area contributed by atoms with Crippen LogP contribution in [0.1, 0.15) is 6.92 Å². The minimum absolute atomic E-state index is 0.00904. The predicted molar refractivity (Wildman–Crippen MR) is 89.9 cm³/mol. The average molecular weight is 433 g/mol. The van der Waals surface area contributed by atoms with E-state index in [-0.39, 0.29) is 30.9 Å². The summed E-state index contributed by atoms with van der Waals surface area (Å²) in [6.07, 6.45) is -5.50. The highest BCUT2D eigenvalue weighted by Gasteiger charge is 2.27. The molecule has 11 heteroatoms. The molecule has 0 unspecified atom stereocenters. The van der Waals surface area contributed by atoms with Crippen LogP contribution in [0.4, 0.5) is 0 Å². The molecule has 1 aromatic rings. The number of phenolic OH excluding ortho intramolecular Hbond substituents is 1. The Morgan fingerprint density at radius 3 is 1.39 bits per heavy atom. The van der Waals surface area contributed by atoms with Crippen molar-refractivity contribution in [1.82, 2.24) is 0 Å². The van der Waals surface area contributed by atoms with E-state index in [1.807, 2.05) is 0 Å². The van der Waals surface area contributed by atoms with Gasteiger partial charge in [0.1, 0.15) is 28.4 Å². The van der Waals surface area contributed by atoms with Crippen molar-refractivity contribution >= 4 is 58.0 Å². The lowest BCUT2D eigenvalue weighted by atomic mass is 10.1. The second kappa shape index (κ2) is 10.3. The molecule has 0 aromatic heterocycles. The van der Waals surface area contributed by atoms with Crippen LogP contribution in [-0.4, -0.2) is 61.7 Å². The van der Waals surface area contributed by atoms with Crippen LogP contribution < -0.4 is 0 Å². The van der Waals surface area contributed by atoms with Crippen LogP contribution in [0.2, 0.25) is 25.1 Å². The van der Waals surface area contributed by atoms with Crippen molar-refractivity contribution < 1.29 is 30.6 Å². The third kappa shape index (κ3) is 6.25. The Kier molecular flexibility index (Phi) is 10.4. The first-order valence-electron chi connectivity index (χ1n) is 6.00. The molecule has 0 radical (unpaired) electrons. The molecule has 23 heavy (non-hydrogen) atoms. The molecule has 6 nitrogen and oxygen atoms in total. The van der Waals surface area contributed by atoms with Gasteiger partial charge >= 0.3 is 0 Å². The first-order valence-corrected chi connectivity index (χ1v) is 7.89. The number of benzene rings is 1. The third-order valence-electron chi connectivity index (χ3n) is 2.61. The number of halogens is 5. The molecule has 0 saturated heterocycles. The number of phenols is 1. The SMILES string of the molecule is C[C@@H](O)[C@@H](O)[C@H](O)[C@H](O)CO.Oc1c(Cl)c(Cl)c(Cl)c(Cl)c1Cl. The standard InChI is InChI=1S/C6HCl5O.C6H14O5/c7-1-2(8)4(10)6(12)5(11)3(1)9;1-3(8)5(10)6(11)4(9)2-7/h12H;3-11H,2H2,1H3/t;3-,4-,5-,6-/m.1/s1. The Bertz CT molecular complexity index is 422. The fraction of sp³-hybridized carbons (Fsp3) is 0.500. The molecule has 0 fully saturated rings. The normalized spacial score (nSPS) is 16.1. The van der Waals surface area contributed by atoms with Crippen molar-refractivity contribution in [3.05, 3.63) is 25.1 Å². The van der Waals surface area contributed by atoms with Crippen LogP contribution in [0.3, 0.4) is 0 Å². The first-order chi connectivity index (χ1) is 10.5. The Balaban J connectivity index is 0.000000423. The van der Waals surface area contributed by atoms with E-state index in [0.29, 0.717) is 0 Å². The maximum atomic E-state index is 9.20. The minimum atomic E-state index is -1.51. The van der Waals surface area contributed by atoms with Gasteiger partial charge in [0.15, 0.2) is 5.75 Å². The summed E-state index contributed by atoms with van der Waals surface area (Å²) in [5, 5.41) is 52.7. The predicted octanol–water partition coefficient (Wildman–Crippen LogP) is 2.10.